The zero-order valence-electron chi connectivity index (χ0n) is 14.2. The van der Waals surface area contributed by atoms with E-state index in [1.165, 1.54) is 5.56 Å². The van der Waals surface area contributed by atoms with Gasteiger partial charge in [-0.3, -0.25) is 14.8 Å². The number of nitrogens with zero attached hydrogens (tertiary/aromatic N) is 3. The minimum Gasteiger partial charge on any atom is -0.468 e. The van der Waals surface area contributed by atoms with Gasteiger partial charge in [0.2, 0.25) is 0 Å². The fourth-order valence-electron chi connectivity index (χ4n) is 4.29. The second-order valence-electron chi connectivity index (χ2n) is 6.89. The van der Waals surface area contributed by atoms with Crippen molar-refractivity contribution in [3.05, 3.63) is 54.2 Å². The summed E-state index contributed by atoms with van der Waals surface area (Å²) in [5, 5.41) is 0. The molecule has 5 heteroatoms. The van der Waals surface area contributed by atoms with Crippen LogP contribution in [-0.2, 0) is 17.8 Å². The van der Waals surface area contributed by atoms with Crippen LogP contribution in [0.15, 0.2) is 47.3 Å². The van der Waals surface area contributed by atoms with Crippen LogP contribution in [-0.4, -0.2) is 53.7 Å². The van der Waals surface area contributed by atoms with Gasteiger partial charge in [0.25, 0.3) is 0 Å². The van der Waals surface area contributed by atoms with E-state index in [0.29, 0.717) is 18.1 Å². The fraction of sp³-hybridized carbons (Fsp3) is 0.526. The summed E-state index contributed by atoms with van der Waals surface area (Å²) in [7, 11) is 1.86. The Morgan fingerprint density at radius 3 is 2.83 bits per heavy atom. The van der Waals surface area contributed by atoms with E-state index in [9.17, 15) is 0 Å². The molecule has 0 unspecified atom stereocenters. The number of furan rings is 1. The lowest BCUT2D eigenvalue weighted by molar-refractivity contribution is -0.0262. The zero-order valence-corrected chi connectivity index (χ0v) is 14.2. The van der Waals surface area contributed by atoms with E-state index in [-0.39, 0.29) is 0 Å². The van der Waals surface area contributed by atoms with Crippen molar-refractivity contribution in [1.29, 1.82) is 0 Å². The average Bonchev–Trinajstić information content (AvgIpc) is 3.26. The molecule has 128 valence electrons. The molecule has 24 heavy (non-hydrogen) atoms. The van der Waals surface area contributed by atoms with Crippen LogP contribution >= 0.6 is 0 Å². The van der Waals surface area contributed by atoms with Crippen LogP contribution in [0.1, 0.15) is 17.7 Å². The number of pyridine rings is 1. The molecule has 0 aromatic carbocycles. The minimum atomic E-state index is 0.366. The normalized spacial score (nSPS) is 28.1. The molecule has 0 saturated carbocycles. The van der Waals surface area contributed by atoms with Crippen LogP contribution in [0.4, 0.5) is 0 Å². The number of piperidine rings is 1. The number of aromatic nitrogens is 1. The van der Waals surface area contributed by atoms with E-state index < -0.39 is 0 Å². The molecule has 0 spiro atoms. The van der Waals surface area contributed by atoms with Gasteiger partial charge in [-0.15, -0.1) is 0 Å². The van der Waals surface area contributed by atoms with E-state index in [0.717, 1.165) is 44.9 Å². The highest BCUT2D eigenvalue weighted by atomic mass is 16.5. The molecular formula is C19H25N3O2. The van der Waals surface area contributed by atoms with E-state index in [1.807, 2.05) is 25.6 Å². The van der Waals surface area contributed by atoms with Crippen molar-refractivity contribution >= 4 is 0 Å². The first-order valence-electron chi connectivity index (χ1n) is 8.74. The quantitative estimate of drug-likeness (QED) is 0.843. The third-order valence-corrected chi connectivity index (χ3v) is 5.45. The van der Waals surface area contributed by atoms with Crippen molar-refractivity contribution in [3.63, 3.8) is 0 Å². The largest absolute Gasteiger partial charge is 0.468 e. The number of fused-ring (bicyclic) bond motifs is 1. The summed E-state index contributed by atoms with van der Waals surface area (Å²) < 4.78 is 11.4. The molecule has 0 N–H and O–H groups in total. The molecule has 2 aromatic heterocycles. The lowest BCUT2D eigenvalue weighted by Gasteiger charge is -2.40. The van der Waals surface area contributed by atoms with Crippen molar-refractivity contribution < 1.29 is 9.15 Å². The molecule has 0 bridgehead atoms. The number of hydrogen-bond donors (Lipinski definition) is 0. The maximum absolute atomic E-state index is 5.80. The Kier molecular flexibility index (Phi) is 4.65. The summed E-state index contributed by atoms with van der Waals surface area (Å²) in [5.41, 5.74) is 1.33. The number of rotatable bonds is 5. The van der Waals surface area contributed by atoms with Crippen LogP contribution in [0.2, 0.25) is 0 Å². The van der Waals surface area contributed by atoms with Crippen LogP contribution in [0.25, 0.3) is 0 Å². The highest BCUT2D eigenvalue weighted by Crippen LogP contribution is 2.34. The molecule has 3 atom stereocenters. The second-order valence-corrected chi connectivity index (χ2v) is 6.89. The standard InChI is InChI=1S/C19H25N3O2/c1-23-19-6-9-22(12-16-3-2-10-24-16)18-14-21(13-17(18)19)11-15-4-7-20-8-5-15/h2-5,7-8,10,17-19H,6,9,11-14H2,1H3/t17-,18+,19-/m0/s1. The van der Waals surface area contributed by atoms with Crippen LogP contribution < -0.4 is 0 Å². The first-order chi connectivity index (χ1) is 11.8. The molecule has 0 aliphatic carbocycles. The average molecular weight is 327 g/mol. The zero-order chi connectivity index (χ0) is 16.4. The summed E-state index contributed by atoms with van der Waals surface area (Å²) in [5.74, 6) is 1.62. The molecule has 4 heterocycles. The van der Waals surface area contributed by atoms with Crippen molar-refractivity contribution in [2.75, 3.05) is 26.7 Å². The molecule has 2 fully saturated rings. The van der Waals surface area contributed by atoms with Gasteiger partial charge in [0.05, 0.1) is 18.9 Å². The van der Waals surface area contributed by atoms with Crippen LogP contribution in [0.5, 0.6) is 0 Å². The molecule has 2 aliphatic heterocycles. The molecule has 4 rings (SSSR count). The van der Waals surface area contributed by atoms with E-state index >= 15 is 0 Å². The van der Waals surface area contributed by atoms with E-state index in [1.54, 1.807) is 6.26 Å². The van der Waals surface area contributed by atoms with Crippen molar-refractivity contribution in [3.8, 4) is 0 Å². The Labute approximate surface area is 143 Å². The van der Waals surface area contributed by atoms with Gasteiger partial charge in [-0.25, -0.2) is 0 Å². The van der Waals surface area contributed by atoms with Crippen molar-refractivity contribution in [1.82, 2.24) is 14.8 Å². The second kappa shape index (κ2) is 7.05. The number of methoxy groups -OCH3 is 1. The smallest absolute Gasteiger partial charge is 0.117 e. The summed E-state index contributed by atoms with van der Waals surface area (Å²) in [4.78, 5) is 9.24. The van der Waals surface area contributed by atoms with Gasteiger partial charge in [0, 0.05) is 57.6 Å². The predicted molar refractivity (Wildman–Crippen MR) is 91.3 cm³/mol. The summed E-state index contributed by atoms with van der Waals surface area (Å²) in [6, 6.07) is 8.79. The first kappa shape index (κ1) is 15.8. The summed E-state index contributed by atoms with van der Waals surface area (Å²) >= 11 is 0. The Bertz CT molecular complexity index is 631. The third kappa shape index (κ3) is 3.24. The summed E-state index contributed by atoms with van der Waals surface area (Å²) in [6.45, 7) is 5.14. The summed E-state index contributed by atoms with van der Waals surface area (Å²) in [6.07, 6.45) is 6.98. The predicted octanol–water partition coefficient (Wildman–Crippen LogP) is 2.40. The van der Waals surface area contributed by atoms with Gasteiger partial charge in [0.15, 0.2) is 0 Å². The highest BCUT2D eigenvalue weighted by Gasteiger charge is 2.44. The third-order valence-electron chi connectivity index (χ3n) is 5.45. The lowest BCUT2D eigenvalue weighted by atomic mass is 9.89. The van der Waals surface area contributed by atoms with Gasteiger partial charge in [-0.05, 0) is 36.2 Å². The van der Waals surface area contributed by atoms with Gasteiger partial charge in [-0.2, -0.15) is 0 Å². The Morgan fingerprint density at radius 1 is 1.21 bits per heavy atom. The molecule has 2 saturated heterocycles. The lowest BCUT2D eigenvalue weighted by Crippen LogP contribution is -2.50. The Hall–Kier alpha value is -1.69. The molecule has 5 nitrogen and oxygen atoms in total. The van der Waals surface area contributed by atoms with E-state index in [2.05, 4.69) is 33.0 Å². The van der Waals surface area contributed by atoms with Gasteiger partial charge in [-0.1, -0.05) is 0 Å². The van der Waals surface area contributed by atoms with Crippen molar-refractivity contribution in [2.24, 2.45) is 5.92 Å². The molecule has 0 amide bonds. The molecule has 2 aliphatic rings. The first-order valence-corrected chi connectivity index (χ1v) is 8.74. The van der Waals surface area contributed by atoms with Gasteiger partial charge < -0.3 is 9.15 Å². The monoisotopic (exact) mass is 327 g/mol. The SMILES string of the molecule is CO[C@H]1CCN(Cc2ccco2)[C@@H]2CN(Cc3ccncc3)C[C@H]12. The molecule has 0 radical (unpaired) electrons. The maximum Gasteiger partial charge on any atom is 0.117 e. The Balaban J connectivity index is 1.47. The highest BCUT2D eigenvalue weighted by molar-refractivity contribution is 5.11. The molecular weight excluding hydrogens is 302 g/mol. The van der Waals surface area contributed by atoms with Crippen LogP contribution in [0.3, 0.4) is 0 Å². The fourth-order valence-corrected chi connectivity index (χ4v) is 4.29. The van der Waals surface area contributed by atoms with E-state index in [4.69, 9.17) is 9.15 Å². The number of likely N-dealkylation sites (tertiary alicyclic amines) is 2. The van der Waals surface area contributed by atoms with Crippen molar-refractivity contribution in [2.45, 2.75) is 31.7 Å². The maximum atomic E-state index is 5.80. The molecule has 2 aromatic rings. The number of hydrogen-bond acceptors (Lipinski definition) is 5. The topological polar surface area (TPSA) is 41.7 Å². The Morgan fingerprint density at radius 2 is 2.08 bits per heavy atom. The minimum absolute atomic E-state index is 0.366. The number of ether oxygens (including phenoxy) is 1. The van der Waals surface area contributed by atoms with Crippen LogP contribution in [0, 0.1) is 5.92 Å². The van der Waals surface area contributed by atoms with Gasteiger partial charge >= 0.3 is 0 Å². The van der Waals surface area contributed by atoms with Gasteiger partial charge in [0.1, 0.15) is 5.76 Å².